The number of para-hydroxylation sites is 2. The van der Waals surface area contributed by atoms with Crippen LogP contribution in [0.4, 0.5) is 5.69 Å². The third-order valence-electron chi connectivity index (χ3n) is 3.27. The maximum absolute atomic E-state index is 11.8. The fraction of sp³-hybridized carbons (Fsp3) is 0.278. The highest BCUT2D eigenvalue weighted by molar-refractivity contribution is 5.90. The lowest BCUT2D eigenvalue weighted by atomic mass is 10.2. The minimum Gasteiger partial charge on any atom is -0.493 e. The number of carbonyl (C=O) groups is 1. The zero-order valence-corrected chi connectivity index (χ0v) is 14.7. The van der Waals surface area contributed by atoms with Crippen molar-refractivity contribution in [3.63, 3.8) is 0 Å². The number of hydrogen-bond donors (Lipinski definition) is 2. The first-order valence-electron chi connectivity index (χ1n) is 7.58. The maximum atomic E-state index is 11.8. The molecule has 0 fully saturated rings. The molecule has 2 aromatic carbocycles. The van der Waals surface area contributed by atoms with Crippen molar-refractivity contribution in [1.29, 1.82) is 0 Å². The van der Waals surface area contributed by atoms with E-state index in [1.165, 1.54) is 0 Å². The van der Waals surface area contributed by atoms with Gasteiger partial charge >= 0.3 is 0 Å². The van der Waals surface area contributed by atoms with E-state index in [4.69, 9.17) is 9.47 Å². The highest BCUT2D eigenvalue weighted by Gasteiger charge is 2.05. The second-order valence-corrected chi connectivity index (χ2v) is 5.03. The number of ether oxygens (including phenoxy) is 2. The van der Waals surface area contributed by atoms with Crippen molar-refractivity contribution in [3.8, 4) is 17.2 Å². The molecule has 6 heteroatoms. The van der Waals surface area contributed by atoms with E-state index >= 15 is 0 Å². The third kappa shape index (κ3) is 6.10. The largest absolute Gasteiger partial charge is 0.493 e. The van der Waals surface area contributed by atoms with Gasteiger partial charge in [0.2, 0.25) is 5.91 Å². The summed E-state index contributed by atoms with van der Waals surface area (Å²) in [4.78, 5) is 11.8. The molecule has 0 bridgehead atoms. The van der Waals surface area contributed by atoms with Crippen molar-refractivity contribution in [2.45, 2.75) is 12.8 Å². The molecule has 24 heavy (non-hydrogen) atoms. The van der Waals surface area contributed by atoms with Gasteiger partial charge in [-0.25, -0.2) is 0 Å². The number of nitrogens with one attached hydrogen (secondary N) is 2. The molecule has 2 rings (SSSR count). The van der Waals surface area contributed by atoms with Crippen LogP contribution in [0.3, 0.4) is 0 Å². The molecule has 0 radical (unpaired) electrons. The van der Waals surface area contributed by atoms with Gasteiger partial charge in [-0.05, 0) is 56.4 Å². The summed E-state index contributed by atoms with van der Waals surface area (Å²) in [6, 6.07) is 14.7. The van der Waals surface area contributed by atoms with E-state index < -0.39 is 0 Å². The van der Waals surface area contributed by atoms with Crippen molar-refractivity contribution in [2.24, 2.45) is 0 Å². The Hall–Kier alpha value is -2.24. The van der Waals surface area contributed by atoms with E-state index in [1.807, 2.05) is 55.6 Å². The smallest absolute Gasteiger partial charge is 0.224 e. The van der Waals surface area contributed by atoms with E-state index in [0.717, 1.165) is 18.7 Å². The van der Waals surface area contributed by atoms with Crippen LogP contribution in [0.5, 0.6) is 17.2 Å². The standard InChI is InChI=1S/C18H22N2O3.ClH/c1-19-13-5-8-18(21)20-14-9-11-15(12-10-14)23-17-7-4-3-6-16(17)22-2;/h3-4,6-7,9-12,19H,5,8,13H2,1-2H3,(H,20,21);1H. The number of hydrogen-bond acceptors (Lipinski definition) is 4. The number of halogens is 1. The molecule has 0 saturated carbocycles. The summed E-state index contributed by atoms with van der Waals surface area (Å²) in [5.74, 6) is 2.02. The average molecular weight is 351 g/mol. The van der Waals surface area contributed by atoms with Crippen LogP contribution in [0.1, 0.15) is 12.8 Å². The number of benzene rings is 2. The lowest BCUT2D eigenvalue weighted by Gasteiger charge is -2.10. The van der Waals surface area contributed by atoms with Gasteiger partial charge in [-0.2, -0.15) is 0 Å². The molecule has 0 saturated heterocycles. The molecular weight excluding hydrogens is 328 g/mol. The second kappa shape index (κ2) is 10.5. The van der Waals surface area contributed by atoms with Gasteiger partial charge in [0.15, 0.2) is 11.5 Å². The fourth-order valence-corrected chi connectivity index (χ4v) is 2.09. The van der Waals surface area contributed by atoms with Crippen LogP contribution in [-0.4, -0.2) is 26.6 Å². The van der Waals surface area contributed by atoms with Crippen LogP contribution < -0.4 is 20.1 Å². The maximum Gasteiger partial charge on any atom is 0.224 e. The normalized spacial score (nSPS) is 9.75. The molecule has 0 aliphatic carbocycles. The van der Waals surface area contributed by atoms with Crippen molar-refractivity contribution in [3.05, 3.63) is 48.5 Å². The number of rotatable bonds is 8. The molecule has 0 aliphatic rings. The zero-order chi connectivity index (χ0) is 16.5. The first-order chi connectivity index (χ1) is 11.2. The van der Waals surface area contributed by atoms with Crippen LogP contribution in [0.2, 0.25) is 0 Å². The quantitative estimate of drug-likeness (QED) is 0.710. The Labute approximate surface area is 148 Å². The number of anilines is 1. The Balaban J connectivity index is 0.00000288. The lowest BCUT2D eigenvalue weighted by molar-refractivity contribution is -0.116. The molecular formula is C18H23ClN2O3. The van der Waals surface area contributed by atoms with Crippen molar-refractivity contribution >= 4 is 24.0 Å². The highest BCUT2D eigenvalue weighted by atomic mass is 35.5. The summed E-state index contributed by atoms with van der Waals surface area (Å²) in [6.45, 7) is 0.832. The molecule has 1 amide bonds. The SMILES string of the molecule is CNCCCC(=O)Nc1ccc(Oc2ccccc2OC)cc1.Cl. The fourth-order valence-electron chi connectivity index (χ4n) is 2.09. The van der Waals surface area contributed by atoms with E-state index in [1.54, 1.807) is 7.11 Å². The summed E-state index contributed by atoms with van der Waals surface area (Å²) in [5.41, 5.74) is 0.756. The predicted octanol–water partition coefficient (Wildman–Crippen LogP) is 3.85. The average Bonchev–Trinajstić information content (AvgIpc) is 2.57. The van der Waals surface area contributed by atoms with Gasteiger partial charge in [0, 0.05) is 12.1 Å². The van der Waals surface area contributed by atoms with Gasteiger partial charge in [-0.1, -0.05) is 12.1 Å². The summed E-state index contributed by atoms with van der Waals surface area (Å²) in [6.07, 6.45) is 1.32. The molecule has 5 nitrogen and oxygen atoms in total. The minimum atomic E-state index is 0. The van der Waals surface area contributed by atoms with Gasteiger partial charge in [0.1, 0.15) is 5.75 Å². The Morgan fingerprint density at radius 3 is 2.33 bits per heavy atom. The van der Waals surface area contributed by atoms with Gasteiger partial charge in [0.25, 0.3) is 0 Å². The molecule has 0 unspecified atom stereocenters. The van der Waals surface area contributed by atoms with Gasteiger partial charge in [-0.15, -0.1) is 12.4 Å². The number of amides is 1. The van der Waals surface area contributed by atoms with Crippen LogP contribution >= 0.6 is 12.4 Å². The molecule has 0 aromatic heterocycles. The van der Waals surface area contributed by atoms with Crippen LogP contribution in [-0.2, 0) is 4.79 Å². The highest BCUT2D eigenvalue weighted by Crippen LogP contribution is 2.31. The number of carbonyl (C=O) groups excluding carboxylic acids is 1. The molecule has 0 heterocycles. The molecule has 0 atom stereocenters. The van der Waals surface area contributed by atoms with E-state index in [-0.39, 0.29) is 18.3 Å². The molecule has 0 aliphatic heterocycles. The van der Waals surface area contributed by atoms with E-state index in [9.17, 15) is 4.79 Å². The first kappa shape index (κ1) is 19.8. The Kier molecular flexibility index (Phi) is 8.68. The van der Waals surface area contributed by atoms with Crippen molar-refractivity contribution < 1.29 is 14.3 Å². The van der Waals surface area contributed by atoms with Crippen LogP contribution in [0, 0.1) is 0 Å². The molecule has 2 aromatic rings. The van der Waals surface area contributed by atoms with E-state index in [0.29, 0.717) is 23.7 Å². The van der Waals surface area contributed by atoms with Crippen molar-refractivity contribution in [1.82, 2.24) is 5.32 Å². The summed E-state index contributed by atoms with van der Waals surface area (Å²) < 4.78 is 11.0. The zero-order valence-electron chi connectivity index (χ0n) is 13.9. The lowest BCUT2D eigenvalue weighted by Crippen LogP contribution is -2.15. The van der Waals surface area contributed by atoms with Crippen LogP contribution in [0.15, 0.2) is 48.5 Å². The first-order valence-corrected chi connectivity index (χ1v) is 7.58. The minimum absolute atomic E-state index is 0. The van der Waals surface area contributed by atoms with Crippen LogP contribution in [0.25, 0.3) is 0 Å². The second-order valence-electron chi connectivity index (χ2n) is 5.03. The summed E-state index contributed by atoms with van der Waals surface area (Å²) in [5, 5.41) is 5.89. The predicted molar refractivity (Wildman–Crippen MR) is 98.5 cm³/mol. The topological polar surface area (TPSA) is 59.6 Å². The number of methoxy groups -OCH3 is 1. The summed E-state index contributed by atoms with van der Waals surface area (Å²) in [7, 11) is 3.48. The van der Waals surface area contributed by atoms with Crippen molar-refractivity contribution in [2.75, 3.05) is 26.0 Å². The van der Waals surface area contributed by atoms with Gasteiger partial charge in [0.05, 0.1) is 7.11 Å². The van der Waals surface area contributed by atoms with Gasteiger partial charge in [-0.3, -0.25) is 4.79 Å². The Bertz CT molecular complexity index is 632. The third-order valence-corrected chi connectivity index (χ3v) is 3.27. The molecule has 2 N–H and O–H groups in total. The Morgan fingerprint density at radius 1 is 1.04 bits per heavy atom. The molecule has 0 spiro atoms. The molecule has 130 valence electrons. The van der Waals surface area contributed by atoms with Gasteiger partial charge < -0.3 is 20.1 Å². The van der Waals surface area contributed by atoms with E-state index in [2.05, 4.69) is 10.6 Å². The monoisotopic (exact) mass is 350 g/mol. The summed E-state index contributed by atoms with van der Waals surface area (Å²) >= 11 is 0. The Morgan fingerprint density at radius 2 is 1.71 bits per heavy atom.